The van der Waals surface area contributed by atoms with Crippen molar-refractivity contribution in [3.8, 4) is 0 Å². The van der Waals surface area contributed by atoms with E-state index in [1.807, 2.05) is 17.5 Å². The number of likely N-dealkylation sites (tertiary alicyclic amines) is 1. The lowest BCUT2D eigenvalue weighted by atomic mass is 9.71. The van der Waals surface area contributed by atoms with Gasteiger partial charge in [-0.15, -0.1) is 11.3 Å². The van der Waals surface area contributed by atoms with E-state index < -0.39 is 5.60 Å². The third-order valence-corrected chi connectivity index (χ3v) is 5.59. The molecule has 19 heavy (non-hydrogen) atoms. The first-order chi connectivity index (χ1) is 9.17. The number of carbonyl (C=O) groups excluding carboxylic acids is 1. The van der Waals surface area contributed by atoms with Gasteiger partial charge < -0.3 is 5.11 Å². The fourth-order valence-electron chi connectivity index (χ4n) is 3.50. The number of aliphatic hydroxyl groups is 1. The summed E-state index contributed by atoms with van der Waals surface area (Å²) in [6.45, 7) is 2.24. The van der Waals surface area contributed by atoms with Crippen LogP contribution < -0.4 is 0 Å². The molecule has 2 fully saturated rings. The molecule has 0 spiro atoms. The maximum atomic E-state index is 12.1. The molecule has 2 unspecified atom stereocenters. The quantitative estimate of drug-likeness (QED) is 0.865. The Labute approximate surface area is 118 Å². The second-order valence-corrected chi connectivity index (χ2v) is 6.88. The standard InChI is InChI=1S/C15H21NO2S/c17-13(14-5-3-9-19-14)11-16-8-7-15(18)6-2-1-4-12(15)10-16/h3,5,9,12,18H,1-2,4,6-8,10-11H2. The van der Waals surface area contributed by atoms with E-state index in [0.29, 0.717) is 12.5 Å². The third kappa shape index (κ3) is 2.76. The van der Waals surface area contributed by atoms with Crippen molar-refractivity contribution >= 4 is 17.1 Å². The Morgan fingerprint density at radius 1 is 1.47 bits per heavy atom. The minimum atomic E-state index is -0.444. The van der Waals surface area contributed by atoms with Crippen molar-refractivity contribution in [2.24, 2.45) is 5.92 Å². The van der Waals surface area contributed by atoms with Crippen LogP contribution in [-0.2, 0) is 0 Å². The van der Waals surface area contributed by atoms with Crippen molar-refractivity contribution in [2.45, 2.75) is 37.7 Å². The van der Waals surface area contributed by atoms with Crippen molar-refractivity contribution in [1.29, 1.82) is 0 Å². The molecule has 1 aliphatic heterocycles. The first-order valence-electron chi connectivity index (χ1n) is 7.19. The number of ketones is 1. The molecule has 0 aromatic carbocycles. The van der Waals surface area contributed by atoms with Gasteiger partial charge in [0.15, 0.2) is 5.78 Å². The summed E-state index contributed by atoms with van der Waals surface area (Å²) in [6, 6.07) is 3.82. The van der Waals surface area contributed by atoms with E-state index in [2.05, 4.69) is 4.90 Å². The molecule has 1 aromatic heterocycles. The molecule has 2 heterocycles. The Morgan fingerprint density at radius 2 is 2.37 bits per heavy atom. The minimum absolute atomic E-state index is 0.219. The summed E-state index contributed by atoms with van der Waals surface area (Å²) in [5, 5.41) is 12.6. The van der Waals surface area contributed by atoms with Gasteiger partial charge in [-0.05, 0) is 30.7 Å². The van der Waals surface area contributed by atoms with Gasteiger partial charge in [0.2, 0.25) is 0 Å². The van der Waals surface area contributed by atoms with Crippen LogP contribution in [0.25, 0.3) is 0 Å². The van der Waals surface area contributed by atoms with Gasteiger partial charge in [-0.2, -0.15) is 0 Å². The number of hydrogen-bond donors (Lipinski definition) is 1. The number of nitrogens with zero attached hydrogens (tertiary/aromatic N) is 1. The molecule has 1 N–H and O–H groups in total. The zero-order valence-corrected chi connectivity index (χ0v) is 12.0. The van der Waals surface area contributed by atoms with Crippen molar-refractivity contribution in [3.05, 3.63) is 22.4 Å². The van der Waals surface area contributed by atoms with Crippen LogP contribution in [0.15, 0.2) is 17.5 Å². The van der Waals surface area contributed by atoms with Crippen molar-refractivity contribution < 1.29 is 9.90 Å². The van der Waals surface area contributed by atoms with E-state index in [0.717, 1.165) is 43.6 Å². The van der Waals surface area contributed by atoms with Gasteiger partial charge in [0.1, 0.15) is 0 Å². The Kier molecular flexibility index (Phi) is 3.74. The van der Waals surface area contributed by atoms with Crippen LogP contribution >= 0.6 is 11.3 Å². The maximum Gasteiger partial charge on any atom is 0.186 e. The summed E-state index contributed by atoms with van der Waals surface area (Å²) in [4.78, 5) is 15.2. The number of rotatable bonds is 3. The summed E-state index contributed by atoms with van der Waals surface area (Å²) < 4.78 is 0. The number of carbonyl (C=O) groups is 1. The van der Waals surface area contributed by atoms with Crippen molar-refractivity contribution in [3.63, 3.8) is 0 Å². The zero-order valence-electron chi connectivity index (χ0n) is 11.2. The number of hydrogen-bond acceptors (Lipinski definition) is 4. The monoisotopic (exact) mass is 279 g/mol. The molecule has 3 rings (SSSR count). The van der Waals surface area contributed by atoms with Gasteiger partial charge in [0.25, 0.3) is 0 Å². The Balaban J connectivity index is 1.60. The fraction of sp³-hybridized carbons (Fsp3) is 0.667. The van der Waals surface area contributed by atoms with E-state index in [4.69, 9.17) is 0 Å². The highest BCUT2D eigenvalue weighted by atomic mass is 32.1. The SMILES string of the molecule is O=C(CN1CCC2(O)CCCCC2C1)c1cccs1. The summed E-state index contributed by atoms with van der Waals surface area (Å²) in [5.74, 6) is 0.586. The number of thiophene rings is 1. The molecular weight excluding hydrogens is 258 g/mol. The van der Waals surface area contributed by atoms with Gasteiger partial charge in [0, 0.05) is 19.0 Å². The van der Waals surface area contributed by atoms with E-state index >= 15 is 0 Å². The molecule has 3 nitrogen and oxygen atoms in total. The molecule has 1 saturated carbocycles. The van der Waals surface area contributed by atoms with E-state index in [9.17, 15) is 9.90 Å². The molecule has 2 aliphatic rings. The predicted molar refractivity (Wildman–Crippen MR) is 76.6 cm³/mol. The lowest BCUT2D eigenvalue weighted by Crippen LogP contribution is -2.54. The highest BCUT2D eigenvalue weighted by Crippen LogP contribution is 2.39. The van der Waals surface area contributed by atoms with Crippen LogP contribution in [0.2, 0.25) is 0 Å². The molecule has 0 amide bonds. The lowest BCUT2D eigenvalue weighted by Gasteiger charge is -2.47. The average molecular weight is 279 g/mol. The lowest BCUT2D eigenvalue weighted by molar-refractivity contribution is -0.0936. The van der Waals surface area contributed by atoms with Crippen LogP contribution in [0, 0.1) is 5.92 Å². The first-order valence-corrected chi connectivity index (χ1v) is 8.07. The molecule has 1 aromatic rings. The number of fused-ring (bicyclic) bond motifs is 1. The van der Waals surface area contributed by atoms with Crippen LogP contribution in [0.3, 0.4) is 0 Å². The Hall–Kier alpha value is -0.710. The van der Waals surface area contributed by atoms with E-state index in [1.165, 1.54) is 17.8 Å². The fourth-order valence-corrected chi connectivity index (χ4v) is 4.16. The van der Waals surface area contributed by atoms with Gasteiger partial charge in [-0.25, -0.2) is 0 Å². The molecule has 4 heteroatoms. The summed E-state index contributed by atoms with van der Waals surface area (Å²) in [5.41, 5.74) is -0.444. The highest BCUT2D eigenvalue weighted by Gasteiger charge is 2.42. The van der Waals surface area contributed by atoms with Crippen molar-refractivity contribution in [2.75, 3.05) is 19.6 Å². The second kappa shape index (κ2) is 5.35. The van der Waals surface area contributed by atoms with Gasteiger partial charge >= 0.3 is 0 Å². The molecule has 1 saturated heterocycles. The second-order valence-electron chi connectivity index (χ2n) is 5.93. The van der Waals surface area contributed by atoms with Crippen LogP contribution in [0.1, 0.15) is 41.8 Å². The van der Waals surface area contributed by atoms with E-state index in [-0.39, 0.29) is 5.78 Å². The summed E-state index contributed by atoms with van der Waals surface area (Å²) in [6.07, 6.45) is 5.26. The molecule has 1 aliphatic carbocycles. The molecule has 0 bridgehead atoms. The predicted octanol–water partition coefficient (Wildman–Crippen LogP) is 2.56. The van der Waals surface area contributed by atoms with Gasteiger partial charge in [-0.3, -0.25) is 9.69 Å². The molecule has 2 atom stereocenters. The highest BCUT2D eigenvalue weighted by molar-refractivity contribution is 7.12. The third-order valence-electron chi connectivity index (χ3n) is 4.67. The summed E-state index contributed by atoms with van der Waals surface area (Å²) in [7, 11) is 0. The van der Waals surface area contributed by atoms with Crippen LogP contribution in [-0.4, -0.2) is 41.0 Å². The largest absolute Gasteiger partial charge is 0.390 e. The zero-order chi connectivity index (χ0) is 13.3. The molecule has 104 valence electrons. The van der Waals surface area contributed by atoms with Gasteiger partial charge in [-0.1, -0.05) is 18.9 Å². The number of Topliss-reactive ketones (excluding diaryl/α,β-unsaturated/α-hetero) is 1. The number of piperidine rings is 1. The summed E-state index contributed by atoms with van der Waals surface area (Å²) >= 11 is 1.52. The normalized spacial score (nSPS) is 31.9. The topological polar surface area (TPSA) is 40.5 Å². The molecular formula is C15H21NO2S. The van der Waals surface area contributed by atoms with Crippen LogP contribution in [0.4, 0.5) is 0 Å². The van der Waals surface area contributed by atoms with Gasteiger partial charge in [0.05, 0.1) is 17.0 Å². The van der Waals surface area contributed by atoms with E-state index in [1.54, 1.807) is 0 Å². The molecule has 0 radical (unpaired) electrons. The first kappa shape index (κ1) is 13.3. The maximum absolute atomic E-state index is 12.1. The smallest absolute Gasteiger partial charge is 0.186 e. The Bertz CT molecular complexity index is 445. The van der Waals surface area contributed by atoms with Crippen LogP contribution in [0.5, 0.6) is 0 Å². The van der Waals surface area contributed by atoms with Crippen molar-refractivity contribution in [1.82, 2.24) is 4.90 Å². The average Bonchev–Trinajstić information content (AvgIpc) is 2.93. The minimum Gasteiger partial charge on any atom is -0.390 e. The Morgan fingerprint density at radius 3 is 3.16 bits per heavy atom.